The van der Waals surface area contributed by atoms with E-state index < -0.39 is 0 Å². The van der Waals surface area contributed by atoms with Gasteiger partial charge < -0.3 is 26.0 Å². The van der Waals surface area contributed by atoms with E-state index in [-0.39, 0.29) is 12.0 Å². The number of hydrogen-bond donors (Lipinski definition) is 4. The molecule has 0 aromatic heterocycles. The molecule has 2 amide bonds. The Kier molecular flexibility index (Phi) is 4.56. The Hall–Kier alpha value is -3.48. The molecule has 0 bridgehead atoms. The van der Waals surface area contributed by atoms with Crippen LogP contribution in [0.1, 0.15) is 17.3 Å². The molecule has 1 aliphatic heterocycles. The molecule has 1 aliphatic rings. The van der Waals surface area contributed by atoms with Crippen LogP contribution in [0.4, 0.5) is 27.5 Å². The SMILES string of the molecule is C=C1Nc2ccc(NC(=O)Nc3ccc(C(=O)OCC)cc3)cc2N1. The van der Waals surface area contributed by atoms with E-state index in [2.05, 4.69) is 27.8 Å². The van der Waals surface area contributed by atoms with Crippen LogP contribution < -0.4 is 21.3 Å². The minimum atomic E-state index is -0.390. The van der Waals surface area contributed by atoms with Gasteiger partial charge in [0, 0.05) is 11.4 Å². The maximum absolute atomic E-state index is 12.1. The molecule has 0 aliphatic carbocycles. The van der Waals surface area contributed by atoms with Gasteiger partial charge in [-0.3, -0.25) is 0 Å². The van der Waals surface area contributed by atoms with Crippen molar-refractivity contribution in [3.05, 3.63) is 60.4 Å². The third kappa shape index (κ3) is 3.89. The highest BCUT2D eigenvalue weighted by molar-refractivity contribution is 6.01. The van der Waals surface area contributed by atoms with Crippen molar-refractivity contribution in [1.29, 1.82) is 0 Å². The zero-order valence-corrected chi connectivity index (χ0v) is 13.7. The third-order valence-electron chi connectivity index (χ3n) is 3.50. The Morgan fingerprint density at radius 2 is 1.64 bits per heavy atom. The van der Waals surface area contributed by atoms with Gasteiger partial charge in [-0.25, -0.2) is 9.59 Å². The molecule has 2 aromatic carbocycles. The van der Waals surface area contributed by atoms with Crippen LogP contribution in [0.5, 0.6) is 0 Å². The molecule has 0 radical (unpaired) electrons. The van der Waals surface area contributed by atoms with Gasteiger partial charge in [-0.1, -0.05) is 6.58 Å². The molecule has 1 heterocycles. The van der Waals surface area contributed by atoms with Crippen LogP contribution in [-0.2, 0) is 4.74 Å². The van der Waals surface area contributed by atoms with Crippen LogP contribution in [0.25, 0.3) is 0 Å². The predicted octanol–water partition coefficient (Wildman–Crippen LogP) is 3.82. The second-order valence-corrected chi connectivity index (χ2v) is 5.37. The molecule has 128 valence electrons. The second kappa shape index (κ2) is 6.96. The molecule has 3 rings (SSSR count). The Morgan fingerprint density at radius 3 is 2.36 bits per heavy atom. The second-order valence-electron chi connectivity index (χ2n) is 5.37. The predicted molar refractivity (Wildman–Crippen MR) is 97.9 cm³/mol. The first kappa shape index (κ1) is 16.4. The van der Waals surface area contributed by atoms with E-state index in [1.165, 1.54) is 0 Å². The Morgan fingerprint density at radius 1 is 1.00 bits per heavy atom. The highest BCUT2D eigenvalue weighted by Gasteiger charge is 2.13. The number of urea groups is 1. The van der Waals surface area contributed by atoms with Gasteiger partial charge in [-0.2, -0.15) is 0 Å². The molecule has 0 spiro atoms. The van der Waals surface area contributed by atoms with Crippen LogP contribution in [0.3, 0.4) is 0 Å². The van der Waals surface area contributed by atoms with Crippen LogP contribution in [-0.4, -0.2) is 18.6 Å². The average molecular weight is 338 g/mol. The normalized spacial score (nSPS) is 11.8. The van der Waals surface area contributed by atoms with Gasteiger partial charge in [-0.15, -0.1) is 0 Å². The third-order valence-corrected chi connectivity index (χ3v) is 3.50. The first-order valence-electron chi connectivity index (χ1n) is 7.77. The molecular formula is C18H18N4O3. The number of anilines is 4. The molecule has 0 atom stereocenters. The maximum Gasteiger partial charge on any atom is 0.338 e. The number of rotatable bonds is 4. The fraction of sp³-hybridized carbons (Fsp3) is 0.111. The zero-order valence-electron chi connectivity index (χ0n) is 13.7. The van der Waals surface area contributed by atoms with Gasteiger partial charge in [0.15, 0.2) is 0 Å². The smallest absolute Gasteiger partial charge is 0.338 e. The van der Waals surface area contributed by atoms with Gasteiger partial charge in [0.05, 0.1) is 23.5 Å². The van der Waals surface area contributed by atoms with E-state index >= 15 is 0 Å². The van der Waals surface area contributed by atoms with Crippen LogP contribution in [0.2, 0.25) is 0 Å². The largest absolute Gasteiger partial charge is 0.462 e. The summed E-state index contributed by atoms with van der Waals surface area (Å²) < 4.78 is 4.92. The van der Waals surface area contributed by atoms with Gasteiger partial charge in [0.1, 0.15) is 5.82 Å². The van der Waals surface area contributed by atoms with E-state index in [9.17, 15) is 9.59 Å². The standard InChI is InChI=1S/C18H18N4O3/c1-3-25-17(23)12-4-6-13(7-5-12)21-18(24)22-14-8-9-15-16(10-14)20-11(2)19-15/h4-10,19-20H,2-3H2,1H3,(H2,21,22,24). The molecule has 25 heavy (non-hydrogen) atoms. The number of fused-ring (bicyclic) bond motifs is 1. The Bertz CT molecular complexity index is 831. The van der Waals surface area contributed by atoms with Crippen molar-refractivity contribution in [2.75, 3.05) is 27.9 Å². The first-order valence-corrected chi connectivity index (χ1v) is 7.77. The number of carbonyl (C=O) groups is 2. The number of benzene rings is 2. The Balaban J connectivity index is 1.60. The van der Waals surface area contributed by atoms with Gasteiger partial charge in [0.25, 0.3) is 0 Å². The minimum absolute atomic E-state index is 0.319. The average Bonchev–Trinajstić information content (AvgIpc) is 2.95. The lowest BCUT2D eigenvalue weighted by Gasteiger charge is -2.09. The minimum Gasteiger partial charge on any atom is -0.462 e. The summed E-state index contributed by atoms with van der Waals surface area (Å²) in [6, 6.07) is 11.6. The van der Waals surface area contributed by atoms with E-state index in [1.807, 2.05) is 12.1 Å². The molecule has 7 nitrogen and oxygen atoms in total. The number of ether oxygens (including phenoxy) is 1. The monoisotopic (exact) mass is 338 g/mol. The summed E-state index contributed by atoms with van der Waals surface area (Å²) in [7, 11) is 0. The van der Waals surface area contributed by atoms with E-state index in [0.29, 0.717) is 29.4 Å². The summed E-state index contributed by atoms with van der Waals surface area (Å²) in [5, 5.41) is 11.6. The topological polar surface area (TPSA) is 91.5 Å². The van der Waals surface area contributed by atoms with Gasteiger partial charge >= 0.3 is 12.0 Å². The molecule has 0 saturated carbocycles. The lowest BCUT2D eigenvalue weighted by atomic mass is 10.2. The highest BCUT2D eigenvalue weighted by Crippen LogP contribution is 2.32. The number of nitrogens with one attached hydrogen (secondary N) is 4. The molecule has 4 N–H and O–H groups in total. The fourth-order valence-electron chi connectivity index (χ4n) is 2.39. The summed E-state index contributed by atoms with van der Waals surface area (Å²) in [4.78, 5) is 23.7. The molecular weight excluding hydrogens is 320 g/mol. The highest BCUT2D eigenvalue weighted by atomic mass is 16.5. The molecule has 0 fully saturated rings. The summed E-state index contributed by atoms with van der Waals surface area (Å²) in [5.74, 6) is 0.303. The fourth-order valence-corrected chi connectivity index (χ4v) is 2.39. The van der Waals surface area contributed by atoms with Gasteiger partial charge in [-0.05, 0) is 49.4 Å². The van der Waals surface area contributed by atoms with Crippen LogP contribution >= 0.6 is 0 Å². The molecule has 2 aromatic rings. The van der Waals surface area contributed by atoms with Crippen molar-refractivity contribution in [2.45, 2.75) is 6.92 Å². The van der Waals surface area contributed by atoms with Crippen LogP contribution in [0, 0.1) is 0 Å². The quantitative estimate of drug-likeness (QED) is 0.636. The number of amides is 2. The number of esters is 1. The zero-order chi connectivity index (χ0) is 17.8. The number of hydrogen-bond acceptors (Lipinski definition) is 5. The lowest BCUT2D eigenvalue weighted by Crippen LogP contribution is -2.19. The maximum atomic E-state index is 12.1. The summed E-state index contributed by atoms with van der Waals surface area (Å²) in [6.07, 6.45) is 0. The van der Waals surface area contributed by atoms with E-state index in [4.69, 9.17) is 4.74 Å². The molecule has 0 unspecified atom stereocenters. The molecule has 0 saturated heterocycles. The van der Waals surface area contributed by atoms with Crippen molar-refractivity contribution >= 4 is 34.7 Å². The van der Waals surface area contributed by atoms with Crippen molar-refractivity contribution in [1.82, 2.24) is 0 Å². The van der Waals surface area contributed by atoms with Crippen molar-refractivity contribution in [3.8, 4) is 0 Å². The molecule has 7 heteroatoms. The summed E-state index contributed by atoms with van der Waals surface area (Å²) in [6.45, 7) is 5.86. The Labute approximate surface area is 145 Å². The van der Waals surface area contributed by atoms with Gasteiger partial charge in [0.2, 0.25) is 0 Å². The first-order chi connectivity index (χ1) is 12.0. The van der Waals surface area contributed by atoms with Crippen molar-refractivity contribution < 1.29 is 14.3 Å². The van der Waals surface area contributed by atoms with E-state index in [0.717, 1.165) is 11.4 Å². The summed E-state index contributed by atoms with van der Waals surface area (Å²) >= 11 is 0. The lowest BCUT2D eigenvalue weighted by molar-refractivity contribution is 0.0526. The van der Waals surface area contributed by atoms with Crippen LogP contribution in [0.15, 0.2) is 54.9 Å². The van der Waals surface area contributed by atoms with Crippen molar-refractivity contribution in [2.24, 2.45) is 0 Å². The summed E-state index contributed by atoms with van der Waals surface area (Å²) in [5.41, 5.74) is 3.40. The number of carbonyl (C=O) groups excluding carboxylic acids is 2. The van der Waals surface area contributed by atoms with Crippen molar-refractivity contribution in [3.63, 3.8) is 0 Å². The van der Waals surface area contributed by atoms with E-state index in [1.54, 1.807) is 37.3 Å².